The second kappa shape index (κ2) is 5.09. The van der Waals surface area contributed by atoms with Gasteiger partial charge < -0.3 is 9.84 Å². The van der Waals surface area contributed by atoms with Crippen LogP contribution in [-0.2, 0) is 16.8 Å². The van der Waals surface area contributed by atoms with E-state index in [1.54, 1.807) is 7.11 Å². The number of carboxylic acids is 1. The molecule has 3 rings (SSSR count). The van der Waals surface area contributed by atoms with E-state index in [1.165, 1.54) is 24.0 Å². The van der Waals surface area contributed by atoms with E-state index in [9.17, 15) is 9.90 Å². The van der Waals surface area contributed by atoms with Gasteiger partial charge in [-0.1, -0.05) is 6.07 Å². The highest BCUT2D eigenvalue weighted by Crippen LogP contribution is 2.46. The van der Waals surface area contributed by atoms with Crippen molar-refractivity contribution in [2.24, 2.45) is 0 Å². The number of benzene rings is 1. The number of nitrogens with zero attached hydrogens (tertiary/aromatic N) is 1. The number of ether oxygens (including phenoxy) is 1. The maximum Gasteiger partial charge on any atom is 0.305 e. The third-order valence-corrected chi connectivity index (χ3v) is 4.78. The van der Waals surface area contributed by atoms with Gasteiger partial charge in [-0.15, -0.1) is 0 Å². The van der Waals surface area contributed by atoms with Crippen molar-refractivity contribution in [1.82, 2.24) is 4.90 Å². The first-order valence-corrected chi connectivity index (χ1v) is 7.30. The minimum Gasteiger partial charge on any atom is -0.497 e. The van der Waals surface area contributed by atoms with Gasteiger partial charge in [0.2, 0.25) is 0 Å². The second-order valence-corrected chi connectivity index (χ2v) is 5.82. The molecule has 1 unspecified atom stereocenters. The van der Waals surface area contributed by atoms with Crippen LogP contribution in [0.5, 0.6) is 5.75 Å². The quantitative estimate of drug-likeness (QED) is 0.916. The molecule has 0 saturated carbocycles. The van der Waals surface area contributed by atoms with Gasteiger partial charge in [-0.2, -0.15) is 0 Å². The summed E-state index contributed by atoms with van der Waals surface area (Å²) in [6.07, 6.45) is 4.39. The summed E-state index contributed by atoms with van der Waals surface area (Å²) in [6.45, 7) is 2.01. The van der Waals surface area contributed by atoms with Crippen LogP contribution >= 0.6 is 0 Å². The molecule has 1 N–H and O–H groups in total. The van der Waals surface area contributed by atoms with Gasteiger partial charge in [0.05, 0.1) is 19.1 Å². The van der Waals surface area contributed by atoms with E-state index in [-0.39, 0.29) is 12.0 Å². The molecule has 2 aliphatic rings. The molecule has 1 aliphatic heterocycles. The molecule has 0 spiro atoms. The van der Waals surface area contributed by atoms with E-state index in [1.807, 2.05) is 12.1 Å². The maximum absolute atomic E-state index is 11.4. The molecular weight excluding hydrogens is 254 g/mol. The molecular formula is C16H21NO3. The topological polar surface area (TPSA) is 49.8 Å². The number of rotatable bonds is 4. The molecule has 1 aliphatic carbocycles. The Bertz CT molecular complexity index is 522. The van der Waals surface area contributed by atoms with Crippen molar-refractivity contribution in [3.05, 3.63) is 29.3 Å². The van der Waals surface area contributed by atoms with Gasteiger partial charge in [0, 0.05) is 0 Å². The van der Waals surface area contributed by atoms with E-state index in [4.69, 9.17) is 4.74 Å². The first kappa shape index (κ1) is 13.4. The molecule has 1 heterocycles. The monoisotopic (exact) mass is 275 g/mol. The van der Waals surface area contributed by atoms with Gasteiger partial charge in [0.1, 0.15) is 5.75 Å². The van der Waals surface area contributed by atoms with Crippen LogP contribution in [0.1, 0.15) is 36.8 Å². The number of carbonyl (C=O) groups is 1. The number of likely N-dealkylation sites (tertiary alicyclic amines) is 1. The summed E-state index contributed by atoms with van der Waals surface area (Å²) in [5.74, 6) is 0.104. The molecule has 0 amide bonds. The summed E-state index contributed by atoms with van der Waals surface area (Å²) in [5.41, 5.74) is 2.12. The number of carboxylic acid groups (broad SMARTS) is 1. The molecule has 1 fully saturated rings. The van der Waals surface area contributed by atoms with Crippen molar-refractivity contribution < 1.29 is 14.6 Å². The van der Waals surface area contributed by atoms with E-state index >= 15 is 0 Å². The number of hydrogen-bond donors (Lipinski definition) is 1. The van der Waals surface area contributed by atoms with Crippen molar-refractivity contribution >= 4 is 5.97 Å². The largest absolute Gasteiger partial charge is 0.497 e. The minimum absolute atomic E-state index is 0.188. The van der Waals surface area contributed by atoms with Gasteiger partial charge in [-0.05, 0) is 62.0 Å². The zero-order chi connectivity index (χ0) is 14.2. The highest BCUT2D eigenvalue weighted by atomic mass is 16.5. The third-order valence-electron chi connectivity index (χ3n) is 4.78. The molecule has 1 aromatic rings. The molecule has 20 heavy (non-hydrogen) atoms. The van der Waals surface area contributed by atoms with Gasteiger partial charge >= 0.3 is 5.97 Å². The van der Waals surface area contributed by atoms with Crippen LogP contribution in [0.3, 0.4) is 0 Å². The Balaban J connectivity index is 2.06. The highest BCUT2D eigenvalue weighted by molar-refractivity contribution is 5.70. The van der Waals surface area contributed by atoms with Crippen molar-refractivity contribution in [2.75, 3.05) is 20.2 Å². The van der Waals surface area contributed by atoms with Crippen LogP contribution in [0.4, 0.5) is 0 Å². The number of hydrogen-bond acceptors (Lipinski definition) is 3. The van der Waals surface area contributed by atoms with Gasteiger partial charge in [-0.25, -0.2) is 0 Å². The van der Waals surface area contributed by atoms with Crippen molar-refractivity contribution in [1.29, 1.82) is 0 Å². The van der Waals surface area contributed by atoms with Gasteiger partial charge in [0.15, 0.2) is 0 Å². The molecule has 4 nitrogen and oxygen atoms in total. The summed E-state index contributed by atoms with van der Waals surface area (Å²) in [5, 5.41) is 9.39. The van der Waals surface area contributed by atoms with E-state index < -0.39 is 5.97 Å². The summed E-state index contributed by atoms with van der Waals surface area (Å²) < 4.78 is 5.33. The fourth-order valence-electron chi connectivity index (χ4n) is 3.83. The van der Waals surface area contributed by atoms with E-state index in [0.29, 0.717) is 0 Å². The molecule has 1 saturated heterocycles. The number of aliphatic carboxylic acids is 1. The van der Waals surface area contributed by atoms with Crippen LogP contribution in [0.15, 0.2) is 18.2 Å². The lowest BCUT2D eigenvalue weighted by Crippen LogP contribution is -2.44. The molecule has 0 radical (unpaired) electrons. The predicted molar refractivity (Wildman–Crippen MR) is 76.1 cm³/mol. The first-order chi connectivity index (χ1) is 9.65. The summed E-state index contributed by atoms with van der Waals surface area (Å²) in [4.78, 5) is 13.8. The standard InChI is InChI=1S/C16H21NO3/c1-20-13-5-4-12-6-7-16(11-15(18)19,14(12)10-13)17-8-2-3-9-17/h4-5,10H,2-3,6-9,11H2,1H3,(H,18,19). The number of fused-ring (bicyclic) bond motifs is 1. The minimum atomic E-state index is -0.715. The smallest absolute Gasteiger partial charge is 0.305 e. The van der Waals surface area contributed by atoms with Gasteiger partial charge in [0.25, 0.3) is 0 Å². The van der Waals surface area contributed by atoms with E-state index in [0.717, 1.165) is 31.7 Å². The van der Waals surface area contributed by atoms with Crippen molar-refractivity contribution in [2.45, 2.75) is 37.6 Å². The van der Waals surface area contributed by atoms with Crippen molar-refractivity contribution in [3.8, 4) is 5.75 Å². The predicted octanol–water partition coefficient (Wildman–Crippen LogP) is 2.41. The van der Waals surface area contributed by atoms with Gasteiger partial charge in [-0.3, -0.25) is 9.69 Å². The Labute approximate surface area is 119 Å². The molecule has 108 valence electrons. The average Bonchev–Trinajstić information content (AvgIpc) is 3.07. The molecule has 1 atom stereocenters. The Kier molecular flexibility index (Phi) is 3.42. The van der Waals surface area contributed by atoms with Crippen LogP contribution in [0, 0.1) is 0 Å². The fourth-order valence-corrected chi connectivity index (χ4v) is 3.83. The second-order valence-electron chi connectivity index (χ2n) is 5.82. The van der Waals surface area contributed by atoms with E-state index in [2.05, 4.69) is 11.0 Å². The summed E-state index contributed by atoms with van der Waals surface area (Å²) >= 11 is 0. The number of aryl methyl sites for hydroxylation is 1. The Morgan fingerprint density at radius 2 is 2.15 bits per heavy atom. The lowest BCUT2D eigenvalue weighted by Gasteiger charge is -2.38. The Morgan fingerprint density at radius 3 is 2.80 bits per heavy atom. The summed E-state index contributed by atoms with van der Waals surface area (Å²) in [7, 11) is 1.66. The molecule has 0 aromatic heterocycles. The zero-order valence-corrected chi connectivity index (χ0v) is 11.9. The van der Waals surface area contributed by atoms with Crippen LogP contribution in [0.2, 0.25) is 0 Å². The molecule has 1 aromatic carbocycles. The van der Waals surface area contributed by atoms with Crippen LogP contribution in [-0.4, -0.2) is 36.2 Å². The normalized spacial score (nSPS) is 25.6. The lowest BCUT2D eigenvalue weighted by molar-refractivity contribution is -0.140. The number of methoxy groups -OCH3 is 1. The van der Waals surface area contributed by atoms with Crippen LogP contribution < -0.4 is 4.74 Å². The Morgan fingerprint density at radius 1 is 1.40 bits per heavy atom. The first-order valence-electron chi connectivity index (χ1n) is 7.30. The molecule has 0 bridgehead atoms. The average molecular weight is 275 g/mol. The Hall–Kier alpha value is -1.55. The van der Waals surface area contributed by atoms with Crippen molar-refractivity contribution in [3.63, 3.8) is 0 Å². The SMILES string of the molecule is COc1ccc2c(c1)C(CC(=O)O)(N1CCCC1)CC2. The molecule has 4 heteroatoms. The fraction of sp³-hybridized carbons (Fsp3) is 0.562. The third kappa shape index (κ3) is 2.08. The highest BCUT2D eigenvalue weighted by Gasteiger charge is 2.46. The zero-order valence-electron chi connectivity index (χ0n) is 11.9. The maximum atomic E-state index is 11.4. The van der Waals surface area contributed by atoms with Crippen LogP contribution in [0.25, 0.3) is 0 Å². The summed E-state index contributed by atoms with van der Waals surface area (Å²) in [6, 6.07) is 6.11. The lowest BCUT2D eigenvalue weighted by atomic mass is 9.86.